The van der Waals surface area contributed by atoms with Crippen molar-refractivity contribution in [1.82, 2.24) is 9.88 Å². The topological polar surface area (TPSA) is 34.0 Å². The van der Waals surface area contributed by atoms with Crippen LogP contribution in [0.3, 0.4) is 0 Å². The molecule has 0 saturated heterocycles. The summed E-state index contributed by atoms with van der Waals surface area (Å²) >= 11 is 11.7. The Bertz CT molecular complexity index is 697. The number of benzene rings is 1. The van der Waals surface area contributed by atoms with E-state index in [9.17, 15) is 9.18 Å². The minimum atomic E-state index is -0.563. The predicted molar refractivity (Wildman–Crippen MR) is 82.5 cm³/mol. The molecule has 0 bridgehead atoms. The zero-order valence-electron chi connectivity index (χ0n) is 11.9. The fourth-order valence-corrected chi connectivity index (χ4v) is 2.61. The Hall–Kier alpha value is -1.52. The normalized spacial score (nSPS) is 12.3. The molecule has 6 heteroatoms. The minimum Gasteiger partial charge on any atom is -0.344 e. The van der Waals surface area contributed by atoms with E-state index in [1.807, 2.05) is 20.0 Å². The van der Waals surface area contributed by atoms with Gasteiger partial charge in [0.2, 0.25) is 0 Å². The van der Waals surface area contributed by atoms with Gasteiger partial charge in [0.05, 0.1) is 11.1 Å². The standard InChI is InChI=1S/C15H15Cl2FN2O/c1-8-4-5-14(20(8)3)15(21)19-9(2)10-6-13(18)12(17)7-11(10)16/h4-7,9H,1-3H3,(H,19,21). The molecule has 0 aliphatic rings. The Morgan fingerprint density at radius 1 is 1.29 bits per heavy atom. The summed E-state index contributed by atoms with van der Waals surface area (Å²) in [5.74, 6) is -0.809. The van der Waals surface area contributed by atoms with Crippen LogP contribution in [-0.4, -0.2) is 10.5 Å². The monoisotopic (exact) mass is 328 g/mol. The third-order valence-electron chi connectivity index (χ3n) is 3.46. The van der Waals surface area contributed by atoms with Gasteiger partial charge < -0.3 is 9.88 Å². The smallest absolute Gasteiger partial charge is 0.268 e. The molecule has 0 spiro atoms. The van der Waals surface area contributed by atoms with Gasteiger partial charge in [-0.1, -0.05) is 23.2 Å². The Morgan fingerprint density at radius 2 is 1.95 bits per heavy atom. The van der Waals surface area contributed by atoms with Crippen LogP contribution in [0.25, 0.3) is 0 Å². The third-order valence-corrected chi connectivity index (χ3v) is 4.08. The van der Waals surface area contributed by atoms with Gasteiger partial charge in [0.1, 0.15) is 11.5 Å². The molecule has 1 amide bonds. The van der Waals surface area contributed by atoms with E-state index in [1.165, 1.54) is 12.1 Å². The number of carbonyl (C=O) groups excluding carboxylic acids is 1. The van der Waals surface area contributed by atoms with E-state index in [1.54, 1.807) is 17.6 Å². The van der Waals surface area contributed by atoms with E-state index in [2.05, 4.69) is 5.32 Å². The molecular weight excluding hydrogens is 314 g/mol. The summed E-state index contributed by atoms with van der Waals surface area (Å²) in [6.45, 7) is 3.65. The summed E-state index contributed by atoms with van der Waals surface area (Å²) in [7, 11) is 1.81. The number of nitrogens with one attached hydrogen (secondary N) is 1. The molecule has 1 heterocycles. The highest BCUT2D eigenvalue weighted by molar-refractivity contribution is 6.35. The number of hydrogen-bond donors (Lipinski definition) is 1. The van der Waals surface area contributed by atoms with Crippen LogP contribution >= 0.6 is 23.2 Å². The predicted octanol–water partition coefficient (Wildman–Crippen LogP) is 4.27. The van der Waals surface area contributed by atoms with Crippen molar-refractivity contribution < 1.29 is 9.18 Å². The van der Waals surface area contributed by atoms with E-state index < -0.39 is 11.9 Å². The Balaban J connectivity index is 2.22. The quantitative estimate of drug-likeness (QED) is 0.839. The summed E-state index contributed by atoms with van der Waals surface area (Å²) in [4.78, 5) is 12.2. The van der Waals surface area contributed by atoms with Crippen molar-refractivity contribution in [3.8, 4) is 0 Å². The number of halogens is 3. The maximum absolute atomic E-state index is 13.5. The lowest BCUT2D eigenvalue weighted by Crippen LogP contribution is -2.28. The van der Waals surface area contributed by atoms with Crippen molar-refractivity contribution in [3.05, 3.63) is 57.1 Å². The van der Waals surface area contributed by atoms with E-state index in [0.29, 0.717) is 16.3 Å². The van der Waals surface area contributed by atoms with Crippen LogP contribution in [0, 0.1) is 12.7 Å². The molecule has 0 saturated carbocycles. The first-order valence-electron chi connectivity index (χ1n) is 6.39. The molecule has 21 heavy (non-hydrogen) atoms. The van der Waals surface area contributed by atoms with E-state index in [-0.39, 0.29) is 10.9 Å². The molecule has 3 nitrogen and oxygen atoms in total. The Labute approximate surface area is 132 Å². The van der Waals surface area contributed by atoms with Gasteiger partial charge in [0.15, 0.2) is 0 Å². The molecule has 2 rings (SSSR count). The average Bonchev–Trinajstić information content (AvgIpc) is 2.74. The van der Waals surface area contributed by atoms with Crippen molar-refractivity contribution in [2.75, 3.05) is 0 Å². The van der Waals surface area contributed by atoms with E-state index >= 15 is 0 Å². The Kier molecular flexibility index (Phi) is 4.59. The first-order chi connectivity index (χ1) is 9.81. The Morgan fingerprint density at radius 3 is 2.52 bits per heavy atom. The van der Waals surface area contributed by atoms with Crippen LogP contribution in [0.15, 0.2) is 24.3 Å². The molecule has 0 aliphatic carbocycles. The second-order valence-electron chi connectivity index (χ2n) is 4.90. The molecular formula is C15H15Cl2FN2O. The molecule has 0 aliphatic heterocycles. The lowest BCUT2D eigenvalue weighted by atomic mass is 10.1. The zero-order valence-corrected chi connectivity index (χ0v) is 13.4. The number of rotatable bonds is 3. The minimum absolute atomic E-state index is 0.0414. The second-order valence-corrected chi connectivity index (χ2v) is 5.72. The first-order valence-corrected chi connectivity index (χ1v) is 7.14. The van der Waals surface area contributed by atoms with E-state index in [0.717, 1.165) is 5.69 Å². The van der Waals surface area contributed by atoms with Gasteiger partial charge in [-0.3, -0.25) is 4.79 Å². The van der Waals surface area contributed by atoms with Crippen LogP contribution < -0.4 is 5.32 Å². The number of aromatic nitrogens is 1. The molecule has 1 unspecified atom stereocenters. The van der Waals surface area contributed by atoms with E-state index in [4.69, 9.17) is 23.2 Å². The number of aryl methyl sites for hydroxylation is 1. The van der Waals surface area contributed by atoms with Gasteiger partial charge in [-0.2, -0.15) is 0 Å². The molecule has 1 aromatic carbocycles. The molecule has 2 aromatic rings. The maximum atomic E-state index is 13.5. The summed E-state index contributed by atoms with van der Waals surface area (Å²) < 4.78 is 15.3. The lowest BCUT2D eigenvalue weighted by molar-refractivity contribution is 0.0931. The second kappa shape index (κ2) is 6.08. The van der Waals surface area contributed by atoms with Gasteiger partial charge in [0.25, 0.3) is 5.91 Å². The van der Waals surface area contributed by atoms with Crippen LogP contribution in [0.1, 0.15) is 34.7 Å². The van der Waals surface area contributed by atoms with Crippen LogP contribution in [-0.2, 0) is 7.05 Å². The van der Waals surface area contributed by atoms with Crippen LogP contribution in [0.2, 0.25) is 10.0 Å². The number of hydrogen-bond acceptors (Lipinski definition) is 1. The van der Waals surface area contributed by atoms with Crippen molar-refractivity contribution in [3.63, 3.8) is 0 Å². The van der Waals surface area contributed by atoms with Crippen LogP contribution in [0.4, 0.5) is 4.39 Å². The molecule has 0 radical (unpaired) electrons. The third kappa shape index (κ3) is 3.22. The van der Waals surface area contributed by atoms with Gasteiger partial charge in [-0.25, -0.2) is 4.39 Å². The van der Waals surface area contributed by atoms with Crippen molar-refractivity contribution in [2.24, 2.45) is 7.05 Å². The van der Waals surface area contributed by atoms with Gasteiger partial charge in [-0.05, 0) is 43.7 Å². The largest absolute Gasteiger partial charge is 0.344 e. The molecule has 0 fully saturated rings. The highest BCUT2D eigenvalue weighted by atomic mass is 35.5. The van der Waals surface area contributed by atoms with Gasteiger partial charge in [0, 0.05) is 17.8 Å². The fourth-order valence-electron chi connectivity index (χ4n) is 2.06. The van der Waals surface area contributed by atoms with Crippen molar-refractivity contribution in [1.29, 1.82) is 0 Å². The lowest BCUT2D eigenvalue weighted by Gasteiger charge is -2.16. The number of amides is 1. The van der Waals surface area contributed by atoms with Crippen LogP contribution in [0.5, 0.6) is 0 Å². The summed E-state index contributed by atoms with van der Waals surface area (Å²) in [5, 5.41) is 3.08. The van der Waals surface area contributed by atoms with Crippen molar-refractivity contribution in [2.45, 2.75) is 19.9 Å². The average molecular weight is 329 g/mol. The number of carbonyl (C=O) groups is 1. The van der Waals surface area contributed by atoms with Gasteiger partial charge >= 0.3 is 0 Å². The highest BCUT2D eigenvalue weighted by Crippen LogP contribution is 2.28. The highest BCUT2D eigenvalue weighted by Gasteiger charge is 2.18. The summed E-state index contributed by atoms with van der Waals surface area (Å²) in [6.07, 6.45) is 0. The zero-order chi connectivity index (χ0) is 15.7. The fraction of sp³-hybridized carbons (Fsp3) is 0.267. The summed E-state index contributed by atoms with van der Waals surface area (Å²) in [5.41, 5.74) is 1.99. The SMILES string of the molecule is Cc1ccc(C(=O)NC(C)c2cc(F)c(Cl)cc2Cl)n1C. The summed E-state index contributed by atoms with van der Waals surface area (Å²) in [6, 6.07) is 5.73. The van der Waals surface area contributed by atoms with Crippen molar-refractivity contribution >= 4 is 29.1 Å². The molecule has 1 N–H and O–H groups in total. The maximum Gasteiger partial charge on any atom is 0.268 e. The first kappa shape index (κ1) is 15.9. The molecule has 1 aromatic heterocycles. The van der Waals surface area contributed by atoms with Gasteiger partial charge in [-0.15, -0.1) is 0 Å². The molecule has 1 atom stereocenters. The number of nitrogens with zero attached hydrogens (tertiary/aromatic N) is 1. The molecule has 112 valence electrons.